The molecular formula is C24H18F3NS. The molecule has 146 valence electrons. The average molecular weight is 409 g/mol. The normalized spacial score (nSPS) is 17.0. The molecule has 0 bridgehead atoms. The van der Waals surface area contributed by atoms with Crippen LogP contribution >= 0.6 is 11.3 Å². The number of halogens is 3. The molecule has 29 heavy (non-hydrogen) atoms. The van der Waals surface area contributed by atoms with Crippen molar-refractivity contribution in [3.8, 4) is 0 Å². The molecular weight excluding hydrogens is 391 g/mol. The summed E-state index contributed by atoms with van der Waals surface area (Å²) in [7, 11) is 0. The highest BCUT2D eigenvalue weighted by atomic mass is 32.1. The van der Waals surface area contributed by atoms with Crippen LogP contribution in [-0.2, 0) is 11.6 Å². The molecule has 3 aromatic rings. The third kappa shape index (κ3) is 2.64. The van der Waals surface area contributed by atoms with Gasteiger partial charge in [-0.05, 0) is 69.8 Å². The number of benzene rings is 2. The molecule has 0 atom stereocenters. The van der Waals surface area contributed by atoms with E-state index in [2.05, 4.69) is 19.9 Å². The van der Waals surface area contributed by atoms with E-state index in [0.717, 1.165) is 50.9 Å². The van der Waals surface area contributed by atoms with E-state index in [0.29, 0.717) is 5.56 Å². The van der Waals surface area contributed by atoms with Crippen LogP contribution in [0.1, 0.15) is 47.2 Å². The lowest BCUT2D eigenvalue weighted by Crippen LogP contribution is -2.28. The van der Waals surface area contributed by atoms with Crippen molar-refractivity contribution in [2.45, 2.75) is 32.4 Å². The fourth-order valence-corrected chi connectivity index (χ4v) is 5.10. The summed E-state index contributed by atoms with van der Waals surface area (Å²) in [5, 5.41) is 3.95. The summed E-state index contributed by atoms with van der Waals surface area (Å²) in [6.07, 6.45) is -4.38. The molecule has 2 aromatic carbocycles. The van der Waals surface area contributed by atoms with Crippen LogP contribution in [0.5, 0.6) is 0 Å². The van der Waals surface area contributed by atoms with Crippen LogP contribution in [0.25, 0.3) is 5.57 Å². The summed E-state index contributed by atoms with van der Waals surface area (Å²) in [5.41, 5.74) is 7.11. The fraction of sp³-hybridized carbons (Fsp3) is 0.208. The van der Waals surface area contributed by atoms with Crippen LogP contribution < -0.4 is 0 Å². The Bertz CT molecular complexity index is 1210. The number of fused-ring (bicyclic) bond motifs is 4. The van der Waals surface area contributed by atoms with Crippen molar-refractivity contribution >= 4 is 28.3 Å². The summed E-state index contributed by atoms with van der Waals surface area (Å²) in [4.78, 5) is 4.92. The van der Waals surface area contributed by atoms with E-state index in [1.54, 1.807) is 17.4 Å². The molecule has 1 aromatic heterocycles. The molecule has 1 nitrogen and oxygen atoms in total. The van der Waals surface area contributed by atoms with E-state index >= 15 is 0 Å². The number of hydrogen-bond acceptors (Lipinski definition) is 2. The van der Waals surface area contributed by atoms with Gasteiger partial charge in [-0.3, -0.25) is 0 Å². The summed E-state index contributed by atoms with van der Waals surface area (Å²) >= 11 is 1.54. The Labute approximate surface area is 171 Å². The molecule has 0 saturated heterocycles. The van der Waals surface area contributed by atoms with Crippen LogP contribution in [0.2, 0.25) is 0 Å². The maximum absolute atomic E-state index is 13.5. The molecule has 0 spiro atoms. The zero-order valence-corrected chi connectivity index (χ0v) is 17.0. The molecule has 0 amide bonds. The van der Waals surface area contributed by atoms with Gasteiger partial charge in [0.2, 0.25) is 0 Å². The zero-order valence-electron chi connectivity index (χ0n) is 16.2. The minimum Gasteiger partial charge on any atom is -0.248 e. The van der Waals surface area contributed by atoms with Gasteiger partial charge in [0.25, 0.3) is 0 Å². The van der Waals surface area contributed by atoms with Gasteiger partial charge in [0, 0.05) is 11.0 Å². The van der Waals surface area contributed by atoms with Gasteiger partial charge in [-0.15, -0.1) is 0 Å². The second kappa shape index (κ2) is 5.92. The Balaban J connectivity index is 1.88. The maximum atomic E-state index is 13.5. The third-order valence-electron chi connectivity index (χ3n) is 5.85. The Morgan fingerprint density at radius 3 is 2.45 bits per heavy atom. The van der Waals surface area contributed by atoms with Gasteiger partial charge >= 0.3 is 6.18 Å². The van der Waals surface area contributed by atoms with Gasteiger partial charge in [0.1, 0.15) is 0 Å². The van der Waals surface area contributed by atoms with E-state index in [1.165, 1.54) is 6.07 Å². The molecule has 0 saturated carbocycles. The first-order chi connectivity index (χ1) is 13.7. The highest BCUT2D eigenvalue weighted by Crippen LogP contribution is 2.52. The first kappa shape index (κ1) is 18.4. The van der Waals surface area contributed by atoms with Gasteiger partial charge in [-0.2, -0.15) is 24.5 Å². The third-order valence-corrected chi connectivity index (χ3v) is 6.53. The number of alkyl halides is 3. The molecule has 5 heteroatoms. The smallest absolute Gasteiger partial charge is 0.248 e. The van der Waals surface area contributed by atoms with E-state index in [4.69, 9.17) is 4.99 Å². The lowest BCUT2D eigenvalue weighted by atomic mass is 9.71. The largest absolute Gasteiger partial charge is 0.416 e. The summed E-state index contributed by atoms with van der Waals surface area (Å²) < 4.78 is 40.4. The minimum atomic E-state index is -4.38. The van der Waals surface area contributed by atoms with Crippen LogP contribution in [0.15, 0.2) is 63.8 Å². The number of aryl methyl sites for hydroxylation is 1. The van der Waals surface area contributed by atoms with Crippen LogP contribution in [-0.4, -0.2) is 5.71 Å². The van der Waals surface area contributed by atoms with Gasteiger partial charge < -0.3 is 0 Å². The Morgan fingerprint density at radius 2 is 1.76 bits per heavy atom. The van der Waals surface area contributed by atoms with Crippen LogP contribution in [0.3, 0.4) is 0 Å². The lowest BCUT2D eigenvalue weighted by molar-refractivity contribution is -0.137. The first-order valence-corrected chi connectivity index (χ1v) is 10.3. The molecule has 5 rings (SSSR count). The van der Waals surface area contributed by atoms with Crippen molar-refractivity contribution < 1.29 is 13.2 Å². The Morgan fingerprint density at radius 1 is 0.966 bits per heavy atom. The Kier molecular flexibility index (Phi) is 3.75. The van der Waals surface area contributed by atoms with E-state index in [1.807, 2.05) is 35.9 Å². The number of thiophene rings is 1. The molecule has 0 unspecified atom stereocenters. The quantitative estimate of drug-likeness (QED) is 0.400. The molecule has 0 radical (unpaired) electrons. The summed E-state index contributed by atoms with van der Waals surface area (Å²) in [5.74, 6) is 0. The molecule has 1 aliphatic carbocycles. The fourth-order valence-electron chi connectivity index (χ4n) is 4.46. The molecule has 0 N–H and O–H groups in total. The predicted molar refractivity (Wildman–Crippen MR) is 112 cm³/mol. The van der Waals surface area contributed by atoms with Gasteiger partial charge in [0.05, 0.1) is 17.0 Å². The van der Waals surface area contributed by atoms with Crippen molar-refractivity contribution in [2.24, 2.45) is 4.99 Å². The number of allylic oxidation sites excluding steroid dienone is 1. The van der Waals surface area contributed by atoms with Crippen LogP contribution in [0, 0.1) is 6.92 Å². The second-order valence-corrected chi connectivity index (χ2v) is 8.91. The highest BCUT2D eigenvalue weighted by Gasteiger charge is 2.43. The number of rotatable bonds is 1. The topological polar surface area (TPSA) is 12.4 Å². The molecule has 2 heterocycles. The number of aliphatic imine (C=N–C) groups is 1. The average Bonchev–Trinajstić information content (AvgIpc) is 3.28. The van der Waals surface area contributed by atoms with Crippen LogP contribution in [0.4, 0.5) is 18.9 Å². The molecule has 0 fully saturated rings. The highest BCUT2D eigenvalue weighted by molar-refractivity contribution is 7.08. The van der Waals surface area contributed by atoms with E-state index in [9.17, 15) is 13.2 Å². The van der Waals surface area contributed by atoms with Gasteiger partial charge in [-0.1, -0.05) is 37.6 Å². The lowest BCUT2D eigenvalue weighted by Gasteiger charge is -2.34. The first-order valence-electron chi connectivity index (χ1n) is 9.37. The van der Waals surface area contributed by atoms with Gasteiger partial charge in [0.15, 0.2) is 0 Å². The van der Waals surface area contributed by atoms with Crippen molar-refractivity contribution in [3.05, 3.63) is 92.2 Å². The monoisotopic (exact) mass is 409 g/mol. The number of nitrogens with zero attached hydrogens (tertiary/aromatic N) is 1. The minimum absolute atomic E-state index is 0.382. The van der Waals surface area contributed by atoms with Crippen molar-refractivity contribution in [1.82, 2.24) is 0 Å². The standard InChI is InChI=1S/C24H18F3NS/c1-13-4-7-19-18(10-13)23(2,3)21-20(14-8-9-29-12-14)17-11-15(24(25,26)27)5-6-16(17)22(21)28-19/h4-12H,1-3H3. The molecule has 1 aliphatic heterocycles. The Hall–Kier alpha value is -2.66. The van der Waals surface area contributed by atoms with Crippen molar-refractivity contribution in [3.63, 3.8) is 0 Å². The van der Waals surface area contributed by atoms with E-state index in [-0.39, 0.29) is 5.41 Å². The SMILES string of the molecule is Cc1ccc2c(c1)C(C)(C)C1=C(c3ccsc3)c3cc(C(F)(F)F)ccc3C1=N2. The predicted octanol–water partition coefficient (Wildman–Crippen LogP) is 7.30. The summed E-state index contributed by atoms with van der Waals surface area (Å²) in [6, 6.07) is 12.2. The second-order valence-electron chi connectivity index (χ2n) is 8.13. The summed E-state index contributed by atoms with van der Waals surface area (Å²) in [6.45, 7) is 6.32. The van der Waals surface area contributed by atoms with E-state index < -0.39 is 11.7 Å². The van der Waals surface area contributed by atoms with Gasteiger partial charge in [-0.25, -0.2) is 4.99 Å². The number of hydrogen-bond donors (Lipinski definition) is 0. The molecule has 2 aliphatic rings. The van der Waals surface area contributed by atoms with Crippen molar-refractivity contribution in [1.29, 1.82) is 0 Å². The van der Waals surface area contributed by atoms with Crippen molar-refractivity contribution in [2.75, 3.05) is 0 Å². The zero-order chi connectivity index (χ0) is 20.6. The maximum Gasteiger partial charge on any atom is 0.416 e.